The maximum atomic E-state index is 13.1. The quantitative estimate of drug-likeness (QED) is 0.555. The molecule has 1 saturated heterocycles. The third-order valence-electron chi connectivity index (χ3n) is 5.62. The Hall–Kier alpha value is -2.94. The number of aryl methyl sites for hydroxylation is 1. The van der Waals surface area contributed by atoms with Crippen molar-refractivity contribution >= 4 is 34.8 Å². The monoisotopic (exact) mass is 485 g/mol. The van der Waals surface area contributed by atoms with Crippen molar-refractivity contribution in [3.8, 4) is 16.2 Å². The zero-order valence-electron chi connectivity index (χ0n) is 18.2. The maximum absolute atomic E-state index is 13.1. The van der Waals surface area contributed by atoms with Crippen LogP contribution in [-0.2, 0) is 11.3 Å². The average molecular weight is 486 g/mol. The Labute approximate surface area is 201 Å². The molecule has 2 heterocycles. The Morgan fingerprint density at radius 2 is 2.03 bits per heavy atom. The van der Waals surface area contributed by atoms with E-state index in [4.69, 9.17) is 16.3 Å². The summed E-state index contributed by atoms with van der Waals surface area (Å²) in [6.07, 6.45) is -0.591. The number of ether oxygens (including phenoxy) is 1. The molecule has 9 heteroatoms. The molecule has 0 bridgehead atoms. The van der Waals surface area contributed by atoms with Crippen molar-refractivity contribution < 1.29 is 19.4 Å². The highest BCUT2D eigenvalue weighted by molar-refractivity contribution is 7.13. The lowest BCUT2D eigenvalue weighted by Crippen LogP contribution is -2.45. The second kappa shape index (κ2) is 9.91. The van der Waals surface area contributed by atoms with Crippen LogP contribution in [0.5, 0.6) is 5.75 Å². The predicted molar refractivity (Wildman–Crippen MR) is 128 cm³/mol. The number of aliphatic hydroxyl groups is 1. The number of rotatable bonds is 6. The minimum Gasteiger partial charge on any atom is -0.497 e. The van der Waals surface area contributed by atoms with E-state index < -0.39 is 12.1 Å². The van der Waals surface area contributed by atoms with Gasteiger partial charge in [0, 0.05) is 30.1 Å². The summed E-state index contributed by atoms with van der Waals surface area (Å²) in [6, 6.07) is 11.9. The van der Waals surface area contributed by atoms with E-state index in [9.17, 15) is 14.7 Å². The van der Waals surface area contributed by atoms with Gasteiger partial charge in [-0.2, -0.15) is 0 Å². The van der Waals surface area contributed by atoms with Crippen LogP contribution in [0.3, 0.4) is 0 Å². The number of hydrogen-bond donors (Lipinski definition) is 2. The number of carbonyl (C=O) groups excluding carboxylic acids is 2. The lowest BCUT2D eigenvalue weighted by Gasteiger charge is -2.24. The highest BCUT2D eigenvalue weighted by Gasteiger charge is 2.39. The van der Waals surface area contributed by atoms with Gasteiger partial charge in [-0.05, 0) is 36.2 Å². The number of nitrogens with one attached hydrogen (secondary N) is 1. The van der Waals surface area contributed by atoms with Gasteiger partial charge in [0.15, 0.2) is 0 Å². The van der Waals surface area contributed by atoms with Crippen molar-refractivity contribution in [2.75, 3.05) is 13.7 Å². The average Bonchev–Trinajstić information content (AvgIpc) is 3.42. The SMILES string of the molecule is COc1cc(Cl)cc(C(=O)N2C[C@H](O)C[C@H]2C(=O)NCc2ccc(-c3scnc3C)cc2)c1. The molecule has 2 atom stereocenters. The smallest absolute Gasteiger partial charge is 0.254 e. The predicted octanol–water partition coefficient (Wildman–Crippen LogP) is 3.67. The molecule has 4 rings (SSSR count). The summed E-state index contributed by atoms with van der Waals surface area (Å²) in [4.78, 5) is 32.8. The second-order valence-electron chi connectivity index (χ2n) is 7.92. The van der Waals surface area contributed by atoms with Crippen LogP contribution in [0.1, 0.15) is 28.0 Å². The molecule has 172 valence electrons. The number of halogens is 1. The number of thiazole rings is 1. The van der Waals surface area contributed by atoms with Crippen LogP contribution < -0.4 is 10.1 Å². The highest BCUT2D eigenvalue weighted by atomic mass is 35.5. The zero-order valence-corrected chi connectivity index (χ0v) is 19.8. The van der Waals surface area contributed by atoms with E-state index >= 15 is 0 Å². The molecule has 1 fully saturated rings. The van der Waals surface area contributed by atoms with E-state index in [0.29, 0.717) is 22.9 Å². The molecular formula is C24H24ClN3O4S. The summed E-state index contributed by atoms with van der Waals surface area (Å²) >= 11 is 7.68. The van der Waals surface area contributed by atoms with Crippen LogP contribution in [-0.4, -0.2) is 52.6 Å². The molecule has 0 unspecified atom stereocenters. The van der Waals surface area contributed by atoms with Gasteiger partial charge in [0.2, 0.25) is 5.91 Å². The van der Waals surface area contributed by atoms with Crippen molar-refractivity contribution in [3.05, 3.63) is 69.8 Å². The maximum Gasteiger partial charge on any atom is 0.254 e. The first-order valence-electron chi connectivity index (χ1n) is 10.5. The molecule has 0 spiro atoms. The molecule has 2 amide bonds. The van der Waals surface area contributed by atoms with Gasteiger partial charge in [-0.15, -0.1) is 11.3 Å². The first kappa shape index (κ1) is 23.2. The number of benzene rings is 2. The topological polar surface area (TPSA) is 91.8 Å². The Morgan fingerprint density at radius 3 is 2.70 bits per heavy atom. The van der Waals surface area contributed by atoms with Gasteiger partial charge >= 0.3 is 0 Å². The van der Waals surface area contributed by atoms with E-state index in [1.54, 1.807) is 23.5 Å². The van der Waals surface area contributed by atoms with Crippen LogP contribution in [0, 0.1) is 6.92 Å². The number of nitrogens with zero attached hydrogens (tertiary/aromatic N) is 2. The van der Waals surface area contributed by atoms with Gasteiger partial charge in [0.25, 0.3) is 5.91 Å². The fourth-order valence-corrected chi connectivity index (χ4v) is 4.95. The summed E-state index contributed by atoms with van der Waals surface area (Å²) in [7, 11) is 1.49. The summed E-state index contributed by atoms with van der Waals surface area (Å²) in [6.45, 7) is 2.37. The van der Waals surface area contributed by atoms with Crippen molar-refractivity contribution in [2.45, 2.75) is 32.0 Å². The van der Waals surface area contributed by atoms with Gasteiger partial charge in [-0.1, -0.05) is 35.9 Å². The van der Waals surface area contributed by atoms with Crippen molar-refractivity contribution in [1.82, 2.24) is 15.2 Å². The van der Waals surface area contributed by atoms with Gasteiger partial charge in [-0.25, -0.2) is 4.98 Å². The van der Waals surface area contributed by atoms with E-state index in [-0.39, 0.29) is 24.8 Å². The number of carbonyl (C=O) groups is 2. The van der Waals surface area contributed by atoms with Crippen molar-refractivity contribution in [3.63, 3.8) is 0 Å². The largest absolute Gasteiger partial charge is 0.497 e. The van der Waals surface area contributed by atoms with E-state index in [2.05, 4.69) is 10.3 Å². The molecule has 0 saturated carbocycles. The first-order chi connectivity index (χ1) is 15.9. The number of methoxy groups -OCH3 is 1. The van der Waals surface area contributed by atoms with Crippen LogP contribution in [0.15, 0.2) is 48.0 Å². The summed E-state index contributed by atoms with van der Waals surface area (Å²) in [5.41, 5.74) is 5.13. The van der Waals surface area contributed by atoms with Crippen LogP contribution >= 0.6 is 22.9 Å². The number of aromatic nitrogens is 1. The van der Waals surface area contributed by atoms with E-state index in [0.717, 1.165) is 21.7 Å². The van der Waals surface area contributed by atoms with Gasteiger partial charge < -0.3 is 20.1 Å². The Bertz CT molecular complexity index is 1160. The summed E-state index contributed by atoms with van der Waals surface area (Å²) < 4.78 is 5.18. The van der Waals surface area contributed by atoms with Crippen LogP contribution in [0.25, 0.3) is 10.4 Å². The number of β-amino-alcohol motifs (C(OH)–C–C–N with tert-alkyl or cyclic N) is 1. The molecule has 0 radical (unpaired) electrons. The number of amides is 2. The molecule has 3 aromatic rings. The Kier molecular flexibility index (Phi) is 6.97. The summed E-state index contributed by atoms with van der Waals surface area (Å²) in [5, 5.41) is 13.4. The third kappa shape index (κ3) is 5.19. The zero-order chi connectivity index (χ0) is 23.5. The molecular weight excluding hydrogens is 462 g/mol. The number of likely N-dealkylation sites (tertiary alicyclic amines) is 1. The highest BCUT2D eigenvalue weighted by Crippen LogP contribution is 2.28. The molecule has 1 aliphatic heterocycles. The molecule has 7 nitrogen and oxygen atoms in total. The van der Waals surface area contributed by atoms with Gasteiger partial charge in [-0.3, -0.25) is 9.59 Å². The third-order valence-corrected chi connectivity index (χ3v) is 6.82. The van der Waals surface area contributed by atoms with Gasteiger partial charge in [0.1, 0.15) is 11.8 Å². The van der Waals surface area contributed by atoms with Crippen LogP contribution in [0.4, 0.5) is 0 Å². The Morgan fingerprint density at radius 1 is 1.27 bits per heavy atom. The normalized spacial score (nSPS) is 17.8. The van der Waals surface area contributed by atoms with Crippen LogP contribution in [0.2, 0.25) is 5.02 Å². The minimum absolute atomic E-state index is 0.0780. The molecule has 1 aromatic heterocycles. The number of aliphatic hydroxyl groups excluding tert-OH is 1. The fourth-order valence-electron chi connectivity index (χ4n) is 3.92. The lowest BCUT2D eigenvalue weighted by molar-refractivity contribution is -0.125. The molecule has 2 aromatic carbocycles. The molecule has 1 aliphatic rings. The van der Waals surface area contributed by atoms with E-state index in [1.807, 2.05) is 36.7 Å². The number of hydrogen-bond acceptors (Lipinski definition) is 6. The minimum atomic E-state index is -0.771. The molecule has 0 aliphatic carbocycles. The van der Waals surface area contributed by atoms with Crippen molar-refractivity contribution in [2.24, 2.45) is 0 Å². The van der Waals surface area contributed by atoms with E-state index in [1.165, 1.54) is 18.1 Å². The second-order valence-corrected chi connectivity index (χ2v) is 9.22. The standard InChI is InChI=1S/C24H24ClN3O4S/c1-14-22(33-13-27-14)16-5-3-15(4-6-16)11-26-23(30)21-10-19(29)12-28(21)24(31)17-7-18(25)9-20(8-17)32-2/h3-9,13,19,21,29H,10-12H2,1-2H3,(H,26,30)/t19-,21+/m1/s1. The fraction of sp³-hybridized carbons (Fsp3) is 0.292. The lowest BCUT2D eigenvalue weighted by atomic mass is 10.1. The summed E-state index contributed by atoms with van der Waals surface area (Å²) in [5.74, 6) is -0.239. The molecule has 2 N–H and O–H groups in total. The van der Waals surface area contributed by atoms with Crippen molar-refractivity contribution in [1.29, 1.82) is 0 Å². The van der Waals surface area contributed by atoms with Gasteiger partial charge in [0.05, 0.1) is 29.3 Å². The first-order valence-corrected chi connectivity index (χ1v) is 11.7. The Balaban J connectivity index is 1.43. The molecule has 33 heavy (non-hydrogen) atoms.